The van der Waals surface area contributed by atoms with Gasteiger partial charge in [0.05, 0.1) is 16.1 Å². The molecule has 2 atom stereocenters. The zero-order valence-corrected chi connectivity index (χ0v) is 11.7. The van der Waals surface area contributed by atoms with Crippen LogP contribution in [0.1, 0.15) is 24.3 Å². The largest absolute Gasteiger partial charge is 0.508 e. The molecule has 1 saturated heterocycles. The first-order chi connectivity index (χ1) is 9.08. The molecule has 1 amide bonds. The minimum Gasteiger partial charge on any atom is -0.508 e. The fourth-order valence-corrected chi connectivity index (χ4v) is 3.41. The van der Waals surface area contributed by atoms with E-state index in [1.807, 2.05) is 11.0 Å². The Kier molecular flexibility index (Phi) is 3.19. The first-order valence-corrected chi connectivity index (χ1v) is 6.96. The summed E-state index contributed by atoms with van der Waals surface area (Å²) in [5.74, 6) is 0.311. The number of rotatable bonds is 1. The van der Waals surface area contributed by atoms with E-state index in [4.69, 9.17) is 23.2 Å². The molecule has 0 unspecified atom stereocenters. The third kappa shape index (κ3) is 2.11. The molecule has 0 bridgehead atoms. The number of benzene rings is 1. The molecule has 1 aromatic rings. The Hall–Kier alpha value is -1.19. The predicted molar refractivity (Wildman–Crippen MR) is 74.7 cm³/mol. The lowest BCUT2D eigenvalue weighted by atomic mass is 9.95. The molecule has 1 fully saturated rings. The summed E-state index contributed by atoms with van der Waals surface area (Å²) in [5.41, 5.74) is 0.657. The van der Waals surface area contributed by atoms with Crippen LogP contribution in [-0.4, -0.2) is 28.5 Å². The van der Waals surface area contributed by atoms with Gasteiger partial charge < -0.3 is 10.0 Å². The van der Waals surface area contributed by atoms with Gasteiger partial charge in [-0.2, -0.15) is 0 Å². The van der Waals surface area contributed by atoms with Crippen LogP contribution < -0.4 is 0 Å². The lowest BCUT2D eigenvalue weighted by Crippen LogP contribution is -2.36. The Balaban J connectivity index is 1.96. The molecule has 0 aromatic heterocycles. The zero-order valence-electron chi connectivity index (χ0n) is 10.1. The monoisotopic (exact) mass is 297 g/mol. The van der Waals surface area contributed by atoms with Crippen molar-refractivity contribution in [3.8, 4) is 5.75 Å². The van der Waals surface area contributed by atoms with Gasteiger partial charge in [0.15, 0.2) is 0 Å². The maximum Gasteiger partial charge on any atom is 0.226 e. The van der Waals surface area contributed by atoms with Crippen LogP contribution in [-0.2, 0) is 4.79 Å². The first kappa shape index (κ1) is 12.8. The number of hydrogen-bond donors (Lipinski definition) is 1. The van der Waals surface area contributed by atoms with Gasteiger partial charge in [-0.1, -0.05) is 35.4 Å². The standard InChI is InChI=1S/C14H13Cl2NO2/c15-10-4-5-11(18)13(14(10)16)8-6-9-2-1-3-12(19)17(9)7-8/h1-2,4-5,8-9,18H,3,6-7H2/t8-,9+/m0/s1. The van der Waals surface area contributed by atoms with Crippen molar-refractivity contribution in [3.63, 3.8) is 0 Å². The van der Waals surface area contributed by atoms with E-state index in [1.54, 1.807) is 12.1 Å². The number of aromatic hydroxyl groups is 1. The van der Waals surface area contributed by atoms with Crippen molar-refractivity contribution in [3.05, 3.63) is 39.9 Å². The summed E-state index contributed by atoms with van der Waals surface area (Å²) < 4.78 is 0. The summed E-state index contributed by atoms with van der Waals surface area (Å²) in [5, 5.41) is 10.8. The number of nitrogens with zero attached hydrogens (tertiary/aromatic N) is 1. The van der Waals surface area contributed by atoms with E-state index >= 15 is 0 Å². The minimum absolute atomic E-state index is 0.0305. The van der Waals surface area contributed by atoms with Crippen LogP contribution in [0.3, 0.4) is 0 Å². The Morgan fingerprint density at radius 2 is 2.11 bits per heavy atom. The van der Waals surface area contributed by atoms with Gasteiger partial charge in [-0.25, -0.2) is 0 Å². The predicted octanol–water partition coefficient (Wildman–Crippen LogP) is 3.34. The molecule has 2 aliphatic rings. The van der Waals surface area contributed by atoms with Gasteiger partial charge in [0, 0.05) is 24.4 Å². The highest BCUT2D eigenvalue weighted by molar-refractivity contribution is 6.42. The Bertz CT molecular complexity index is 571. The van der Waals surface area contributed by atoms with Crippen LogP contribution in [0.5, 0.6) is 5.75 Å². The van der Waals surface area contributed by atoms with Crippen molar-refractivity contribution < 1.29 is 9.90 Å². The van der Waals surface area contributed by atoms with Crippen molar-refractivity contribution in [2.45, 2.75) is 24.8 Å². The van der Waals surface area contributed by atoms with Gasteiger partial charge in [-0.15, -0.1) is 0 Å². The van der Waals surface area contributed by atoms with E-state index in [1.165, 1.54) is 0 Å². The maximum atomic E-state index is 11.8. The molecular weight excluding hydrogens is 285 g/mol. The molecule has 3 rings (SSSR count). The molecule has 0 saturated carbocycles. The fourth-order valence-electron chi connectivity index (χ4n) is 2.93. The van der Waals surface area contributed by atoms with Gasteiger partial charge >= 0.3 is 0 Å². The number of fused-ring (bicyclic) bond motifs is 1. The third-order valence-electron chi connectivity index (χ3n) is 3.83. The topological polar surface area (TPSA) is 40.5 Å². The molecule has 100 valence electrons. The lowest BCUT2D eigenvalue weighted by molar-refractivity contribution is -0.130. The van der Waals surface area contributed by atoms with E-state index in [0.717, 1.165) is 6.42 Å². The van der Waals surface area contributed by atoms with Crippen molar-refractivity contribution in [1.82, 2.24) is 4.90 Å². The first-order valence-electron chi connectivity index (χ1n) is 6.21. The van der Waals surface area contributed by atoms with Gasteiger partial charge in [0.2, 0.25) is 5.91 Å². The number of phenols is 1. The number of halogens is 2. The van der Waals surface area contributed by atoms with E-state index in [-0.39, 0.29) is 23.6 Å². The highest BCUT2D eigenvalue weighted by Gasteiger charge is 2.37. The maximum absolute atomic E-state index is 11.8. The zero-order chi connectivity index (χ0) is 13.6. The number of carbonyl (C=O) groups excluding carboxylic acids is 1. The highest BCUT2D eigenvalue weighted by atomic mass is 35.5. The number of hydrogen-bond acceptors (Lipinski definition) is 2. The molecule has 0 aliphatic carbocycles. The van der Waals surface area contributed by atoms with Crippen molar-refractivity contribution in [2.75, 3.05) is 6.54 Å². The molecule has 0 spiro atoms. The molecule has 0 radical (unpaired) electrons. The smallest absolute Gasteiger partial charge is 0.226 e. The summed E-state index contributed by atoms with van der Waals surface area (Å²) in [6.07, 6.45) is 5.19. The van der Waals surface area contributed by atoms with Crippen LogP contribution in [0, 0.1) is 0 Å². The van der Waals surface area contributed by atoms with E-state index in [0.29, 0.717) is 28.6 Å². The molecule has 3 nitrogen and oxygen atoms in total. The van der Waals surface area contributed by atoms with Crippen LogP contribution in [0.2, 0.25) is 10.0 Å². The number of phenolic OH excluding ortho intramolecular Hbond substituents is 1. The van der Waals surface area contributed by atoms with Gasteiger partial charge in [-0.3, -0.25) is 4.79 Å². The third-order valence-corrected chi connectivity index (χ3v) is 4.65. The lowest BCUT2D eigenvalue weighted by Gasteiger charge is -2.24. The highest BCUT2D eigenvalue weighted by Crippen LogP contribution is 2.43. The Labute approximate surface area is 121 Å². The molecule has 2 heterocycles. The fraction of sp³-hybridized carbons (Fsp3) is 0.357. The SMILES string of the molecule is O=C1CC=C[C@@H]2C[C@H](c3c(O)ccc(Cl)c3Cl)CN12. The van der Waals surface area contributed by atoms with Crippen LogP contribution in [0.15, 0.2) is 24.3 Å². The second-order valence-corrected chi connectivity index (χ2v) is 5.76. The Morgan fingerprint density at radius 1 is 1.32 bits per heavy atom. The second kappa shape index (κ2) is 4.73. The number of carbonyl (C=O) groups is 1. The average Bonchev–Trinajstić information content (AvgIpc) is 2.80. The van der Waals surface area contributed by atoms with Crippen LogP contribution >= 0.6 is 23.2 Å². The van der Waals surface area contributed by atoms with Gasteiger partial charge in [0.1, 0.15) is 5.75 Å². The average molecular weight is 298 g/mol. The summed E-state index contributed by atoms with van der Waals surface area (Å²) in [4.78, 5) is 13.7. The second-order valence-electron chi connectivity index (χ2n) is 4.97. The van der Waals surface area contributed by atoms with Crippen molar-refractivity contribution in [2.24, 2.45) is 0 Å². The van der Waals surface area contributed by atoms with Crippen LogP contribution in [0.25, 0.3) is 0 Å². The molecule has 2 aliphatic heterocycles. The molecule has 19 heavy (non-hydrogen) atoms. The Morgan fingerprint density at radius 3 is 2.84 bits per heavy atom. The molecule has 5 heteroatoms. The van der Waals surface area contributed by atoms with E-state index in [9.17, 15) is 9.90 Å². The summed E-state index contributed by atoms with van der Waals surface area (Å²) >= 11 is 12.2. The summed E-state index contributed by atoms with van der Waals surface area (Å²) in [6, 6.07) is 3.25. The van der Waals surface area contributed by atoms with Gasteiger partial charge in [0.25, 0.3) is 0 Å². The van der Waals surface area contributed by atoms with Crippen molar-refractivity contribution in [1.29, 1.82) is 0 Å². The molecule has 1 N–H and O–H groups in total. The molecular formula is C14H13Cl2NO2. The minimum atomic E-state index is 0.0305. The normalized spacial score (nSPS) is 25.8. The van der Waals surface area contributed by atoms with Crippen LogP contribution in [0.4, 0.5) is 0 Å². The van der Waals surface area contributed by atoms with E-state index < -0.39 is 0 Å². The summed E-state index contributed by atoms with van der Waals surface area (Å²) in [7, 11) is 0. The quantitative estimate of drug-likeness (QED) is 0.808. The summed E-state index contributed by atoms with van der Waals surface area (Å²) in [6.45, 7) is 0.585. The van der Waals surface area contributed by atoms with E-state index in [2.05, 4.69) is 6.08 Å². The van der Waals surface area contributed by atoms with Crippen molar-refractivity contribution >= 4 is 29.1 Å². The molecule has 1 aromatic carbocycles. The van der Waals surface area contributed by atoms with Gasteiger partial charge in [-0.05, 0) is 18.6 Å². The number of amides is 1.